The van der Waals surface area contributed by atoms with Gasteiger partial charge in [-0.1, -0.05) is 19.3 Å². The normalized spacial score (nSPS) is 14.5. The summed E-state index contributed by atoms with van der Waals surface area (Å²) in [5, 5.41) is 2.85. The van der Waals surface area contributed by atoms with Crippen LogP contribution >= 0.6 is 0 Å². The fraction of sp³-hybridized carbons (Fsp3) is 0.600. The largest absolute Gasteiger partial charge is 0.497 e. The summed E-state index contributed by atoms with van der Waals surface area (Å²) in [4.78, 5) is 25.8. The molecule has 0 spiro atoms. The Morgan fingerprint density at radius 1 is 1.12 bits per heavy atom. The van der Waals surface area contributed by atoms with Gasteiger partial charge in [0.25, 0.3) is 0 Å². The molecule has 1 aromatic carbocycles. The zero-order valence-corrected chi connectivity index (χ0v) is 15.8. The number of carbonyl (C=O) groups is 2. The summed E-state index contributed by atoms with van der Waals surface area (Å²) >= 11 is 0. The van der Waals surface area contributed by atoms with Gasteiger partial charge < -0.3 is 19.7 Å². The first-order valence-electron chi connectivity index (χ1n) is 9.41. The maximum atomic E-state index is 12.0. The zero-order valence-electron chi connectivity index (χ0n) is 15.8. The van der Waals surface area contributed by atoms with Crippen molar-refractivity contribution in [1.29, 1.82) is 0 Å². The summed E-state index contributed by atoms with van der Waals surface area (Å²) in [6.07, 6.45) is 6.02. The molecule has 6 heteroatoms. The standard InChI is InChI=1S/C20H30N2O4/c1-16(23)22(17-6-4-3-5-7-17)14-12-20(24)21-13-15-26-19-10-8-18(25-2)9-11-19/h8-11,17H,3-7,12-15H2,1-2H3,(H,21,24). The van der Waals surface area contributed by atoms with E-state index in [0.29, 0.717) is 32.2 Å². The monoisotopic (exact) mass is 362 g/mol. The van der Waals surface area contributed by atoms with E-state index < -0.39 is 0 Å². The smallest absolute Gasteiger partial charge is 0.221 e. The highest BCUT2D eigenvalue weighted by molar-refractivity contribution is 5.78. The van der Waals surface area contributed by atoms with Crippen LogP contribution in [0.3, 0.4) is 0 Å². The summed E-state index contributed by atoms with van der Waals surface area (Å²) in [5.41, 5.74) is 0. The van der Waals surface area contributed by atoms with Gasteiger partial charge in [-0.2, -0.15) is 0 Å². The van der Waals surface area contributed by atoms with Crippen LogP contribution in [0.2, 0.25) is 0 Å². The first kappa shape index (κ1) is 20.1. The van der Waals surface area contributed by atoms with Crippen molar-refractivity contribution >= 4 is 11.8 Å². The second-order valence-corrected chi connectivity index (χ2v) is 6.63. The molecule has 144 valence electrons. The Hall–Kier alpha value is -2.24. The molecule has 0 aliphatic heterocycles. The van der Waals surface area contributed by atoms with E-state index in [-0.39, 0.29) is 11.8 Å². The number of rotatable bonds is 9. The van der Waals surface area contributed by atoms with E-state index in [4.69, 9.17) is 9.47 Å². The van der Waals surface area contributed by atoms with Gasteiger partial charge in [0.15, 0.2) is 0 Å². The van der Waals surface area contributed by atoms with Crippen molar-refractivity contribution in [1.82, 2.24) is 10.2 Å². The molecule has 0 unspecified atom stereocenters. The number of amides is 2. The van der Waals surface area contributed by atoms with Crippen LogP contribution in [0.15, 0.2) is 24.3 Å². The van der Waals surface area contributed by atoms with Gasteiger partial charge in [-0.05, 0) is 37.1 Å². The SMILES string of the molecule is COc1ccc(OCCNC(=O)CCN(C(C)=O)C2CCCCC2)cc1. The molecule has 1 saturated carbocycles. The van der Waals surface area contributed by atoms with Gasteiger partial charge in [-0.25, -0.2) is 0 Å². The number of nitrogens with one attached hydrogen (secondary N) is 1. The molecule has 0 radical (unpaired) electrons. The molecule has 1 aliphatic carbocycles. The summed E-state index contributed by atoms with van der Waals surface area (Å²) in [6, 6.07) is 7.61. The fourth-order valence-corrected chi connectivity index (χ4v) is 3.33. The van der Waals surface area contributed by atoms with Gasteiger partial charge in [-0.3, -0.25) is 9.59 Å². The molecule has 0 bridgehead atoms. The molecular formula is C20H30N2O4. The molecule has 1 fully saturated rings. The maximum Gasteiger partial charge on any atom is 0.221 e. The minimum absolute atomic E-state index is 0.0506. The molecule has 1 aromatic rings. The second-order valence-electron chi connectivity index (χ2n) is 6.63. The Morgan fingerprint density at radius 3 is 2.38 bits per heavy atom. The third kappa shape index (κ3) is 6.58. The van der Waals surface area contributed by atoms with E-state index in [0.717, 1.165) is 24.3 Å². The van der Waals surface area contributed by atoms with E-state index >= 15 is 0 Å². The van der Waals surface area contributed by atoms with Crippen LogP contribution in [0.25, 0.3) is 0 Å². The lowest BCUT2D eigenvalue weighted by Gasteiger charge is -2.33. The highest BCUT2D eigenvalue weighted by Crippen LogP contribution is 2.22. The highest BCUT2D eigenvalue weighted by atomic mass is 16.5. The van der Waals surface area contributed by atoms with E-state index in [2.05, 4.69) is 5.32 Å². The predicted molar refractivity (Wildman–Crippen MR) is 100 cm³/mol. The average molecular weight is 362 g/mol. The lowest BCUT2D eigenvalue weighted by Crippen LogP contribution is -2.42. The average Bonchev–Trinajstić information content (AvgIpc) is 2.66. The van der Waals surface area contributed by atoms with Crippen LogP contribution in [0, 0.1) is 0 Å². The molecule has 0 aromatic heterocycles. The molecule has 6 nitrogen and oxygen atoms in total. The van der Waals surface area contributed by atoms with Crippen LogP contribution in [0.4, 0.5) is 0 Å². The molecule has 1 N–H and O–H groups in total. The Balaban J connectivity index is 1.64. The predicted octanol–water partition coefficient (Wildman–Crippen LogP) is 2.76. The molecule has 2 rings (SSSR count). The maximum absolute atomic E-state index is 12.0. The minimum Gasteiger partial charge on any atom is -0.497 e. The molecule has 0 heterocycles. The van der Waals surface area contributed by atoms with Crippen molar-refractivity contribution < 1.29 is 19.1 Å². The van der Waals surface area contributed by atoms with Crippen LogP contribution in [-0.4, -0.2) is 49.6 Å². The van der Waals surface area contributed by atoms with Crippen LogP contribution < -0.4 is 14.8 Å². The minimum atomic E-state index is -0.0506. The number of benzene rings is 1. The summed E-state index contributed by atoms with van der Waals surface area (Å²) < 4.78 is 10.7. The Kier molecular flexibility index (Phi) is 8.25. The van der Waals surface area contributed by atoms with E-state index in [1.54, 1.807) is 14.0 Å². The number of hydrogen-bond donors (Lipinski definition) is 1. The molecule has 0 atom stereocenters. The van der Waals surface area contributed by atoms with Gasteiger partial charge in [0.2, 0.25) is 11.8 Å². The van der Waals surface area contributed by atoms with Crippen molar-refractivity contribution in [3.8, 4) is 11.5 Å². The number of hydrogen-bond acceptors (Lipinski definition) is 4. The lowest BCUT2D eigenvalue weighted by molar-refractivity contribution is -0.132. The topological polar surface area (TPSA) is 67.9 Å². The molecule has 2 amide bonds. The van der Waals surface area contributed by atoms with Gasteiger partial charge in [0.1, 0.15) is 18.1 Å². The second kappa shape index (κ2) is 10.7. The Morgan fingerprint density at radius 2 is 1.77 bits per heavy atom. The summed E-state index contributed by atoms with van der Waals surface area (Å²) in [7, 11) is 1.62. The first-order chi connectivity index (χ1) is 12.6. The number of methoxy groups -OCH3 is 1. The number of nitrogens with zero attached hydrogens (tertiary/aromatic N) is 1. The summed E-state index contributed by atoms with van der Waals surface area (Å²) in [5.74, 6) is 1.52. The number of ether oxygens (including phenoxy) is 2. The van der Waals surface area contributed by atoms with Gasteiger partial charge >= 0.3 is 0 Å². The van der Waals surface area contributed by atoms with Crippen molar-refractivity contribution in [3.05, 3.63) is 24.3 Å². The highest BCUT2D eigenvalue weighted by Gasteiger charge is 2.23. The van der Waals surface area contributed by atoms with E-state index in [1.807, 2.05) is 29.2 Å². The van der Waals surface area contributed by atoms with E-state index in [9.17, 15) is 9.59 Å². The molecule has 26 heavy (non-hydrogen) atoms. The summed E-state index contributed by atoms with van der Waals surface area (Å²) in [6.45, 7) is 2.92. The zero-order chi connectivity index (χ0) is 18.8. The van der Waals surface area contributed by atoms with Crippen molar-refractivity contribution in [3.63, 3.8) is 0 Å². The Bertz CT molecular complexity index is 568. The van der Waals surface area contributed by atoms with Crippen LogP contribution in [-0.2, 0) is 9.59 Å². The third-order valence-corrected chi connectivity index (χ3v) is 4.75. The van der Waals surface area contributed by atoms with Crippen molar-refractivity contribution in [2.45, 2.75) is 51.5 Å². The molecule has 0 saturated heterocycles. The molecule has 1 aliphatic rings. The van der Waals surface area contributed by atoms with Gasteiger partial charge in [0, 0.05) is 25.9 Å². The van der Waals surface area contributed by atoms with Crippen LogP contribution in [0.1, 0.15) is 45.4 Å². The van der Waals surface area contributed by atoms with Gasteiger partial charge in [-0.15, -0.1) is 0 Å². The molecular weight excluding hydrogens is 332 g/mol. The lowest BCUT2D eigenvalue weighted by atomic mass is 9.94. The van der Waals surface area contributed by atoms with Crippen molar-refractivity contribution in [2.75, 3.05) is 26.8 Å². The third-order valence-electron chi connectivity index (χ3n) is 4.75. The van der Waals surface area contributed by atoms with Gasteiger partial charge in [0.05, 0.1) is 13.7 Å². The Labute approximate surface area is 155 Å². The number of carbonyl (C=O) groups excluding carboxylic acids is 2. The van der Waals surface area contributed by atoms with E-state index in [1.165, 1.54) is 19.3 Å². The van der Waals surface area contributed by atoms with Crippen molar-refractivity contribution in [2.24, 2.45) is 0 Å². The first-order valence-corrected chi connectivity index (χ1v) is 9.41. The fourth-order valence-electron chi connectivity index (χ4n) is 3.33. The van der Waals surface area contributed by atoms with Crippen LogP contribution in [0.5, 0.6) is 11.5 Å². The quantitative estimate of drug-likeness (QED) is 0.686.